The third-order valence-electron chi connectivity index (χ3n) is 7.89. The van der Waals surface area contributed by atoms with E-state index in [-0.39, 0.29) is 34.1 Å². The Hall–Kier alpha value is -3.32. The quantitative estimate of drug-likeness (QED) is 0.0910. The van der Waals surface area contributed by atoms with Crippen LogP contribution in [-0.4, -0.2) is 12.6 Å². The van der Waals surface area contributed by atoms with Crippen LogP contribution in [0.2, 0.25) is 0 Å². The molecule has 8 rings (SSSR count). The van der Waals surface area contributed by atoms with Gasteiger partial charge < -0.3 is 18.9 Å². The van der Waals surface area contributed by atoms with Crippen LogP contribution >= 0.6 is 43.1 Å². The third kappa shape index (κ3) is 7.61. The van der Waals surface area contributed by atoms with Gasteiger partial charge in [0.1, 0.15) is 0 Å². The fourth-order valence-electron chi connectivity index (χ4n) is 6.02. The number of fused-ring (bicyclic) bond motifs is 2. The zero-order valence-corrected chi connectivity index (χ0v) is 32.7. The molecule has 0 saturated heterocycles. The number of ether oxygens (including phenoxy) is 4. The average molecular weight is 943 g/mol. The van der Waals surface area contributed by atoms with Crippen molar-refractivity contribution in [2.75, 3.05) is 0 Å². The molecule has 0 spiro atoms. The van der Waals surface area contributed by atoms with Crippen molar-refractivity contribution in [3.05, 3.63) is 146 Å². The Bertz CT molecular complexity index is 1910. The van der Waals surface area contributed by atoms with Crippen LogP contribution in [0.1, 0.15) is 0 Å². The summed E-state index contributed by atoms with van der Waals surface area (Å²) in [5.74, 6) is -0.955. The summed E-state index contributed by atoms with van der Waals surface area (Å²) < 4.78 is 80.4. The number of halogens is 6. The van der Waals surface area contributed by atoms with E-state index in [0.29, 0.717) is 23.8 Å². The van der Waals surface area contributed by atoms with Crippen LogP contribution in [0, 0.1) is 0 Å². The summed E-state index contributed by atoms with van der Waals surface area (Å²) >= 11 is 6.64. The van der Waals surface area contributed by atoms with Crippen molar-refractivity contribution in [3.63, 3.8) is 0 Å². The maximum absolute atomic E-state index is 15.0. The Morgan fingerprint density at radius 3 is 0.961 bits per heavy atom. The molecule has 0 N–H and O–H groups in total. The van der Waals surface area contributed by atoms with E-state index >= 15 is 0 Å². The van der Waals surface area contributed by atoms with Crippen molar-refractivity contribution in [1.29, 1.82) is 0 Å². The van der Waals surface area contributed by atoms with Crippen molar-refractivity contribution in [1.82, 2.24) is 0 Å². The zero-order valence-electron chi connectivity index (χ0n) is 26.0. The van der Waals surface area contributed by atoms with Gasteiger partial charge in [0, 0.05) is 11.1 Å². The molecule has 0 aromatic heterocycles. The van der Waals surface area contributed by atoms with E-state index in [1.165, 1.54) is 12.1 Å². The molecule has 0 bridgehead atoms. The van der Waals surface area contributed by atoms with E-state index in [1.807, 2.05) is 121 Å². The third-order valence-corrected chi connectivity index (χ3v) is 12.9. The first kappa shape index (κ1) is 36.1. The Morgan fingerprint density at radius 2 is 0.686 bits per heavy atom. The molecule has 0 atom stereocenters. The molecule has 260 valence electrons. The number of rotatable bonds is 7. The van der Waals surface area contributed by atoms with Crippen molar-refractivity contribution < 1.29 is 49.7 Å². The molecule has 6 aromatic rings. The standard InChI is InChI=1S/C38H24F4O4P2.2BrH.Ru/c39-37(40)43-29-21-23-31(47(25-13-5-1-6-14-25)26-15-7-2-8-16-26)33(35(29)45-37)34-32(24-22-30-36(34)46-38(41,42)44-30)48(27-17-9-3-10-18-27)28-19-11-4-12-20-28;;;/h1-24H;2*1H;/q;;;+2/p-2. The summed E-state index contributed by atoms with van der Waals surface area (Å²) in [4.78, 5) is 0. The van der Waals surface area contributed by atoms with Gasteiger partial charge in [0.2, 0.25) is 0 Å². The number of alkyl halides is 4. The van der Waals surface area contributed by atoms with Crippen molar-refractivity contribution in [2.24, 2.45) is 0 Å². The summed E-state index contributed by atoms with van der Waals surface area (Å²) in [6.45, 7) is 0. The predicted molar refractivity (Wildman–Crippen MR) is 200 cm³/mol. The SMILES string of the molecule is FC1(F)Oc2ccc(P(c3ccccc3)c3ccccc3)c(-c3c(P(c4ccccc4)c4ccccc4)ccc4c3OC(F)(F)O4)c2O1.[Br][Ru][Br]. The van der Waals surface area contributed by atoms with E-state index in [0.717, 1.165) is 21.2 Å². The molecule has 2 aliphatic rings. The molecular formula is C38H24Br2F4O4P2Ru. The summed E-state index contributed by atoms with van der Waals surface area (Å²) in [7, 11) is -2.91. The minimum absolute atomic E-state index is 0.177. The van der Waals surface area contributed by atoms with Gasteiger partial charge in [-0.25, -0.2) is 0 Å². The van der Waals surface area contributed by atoms with E-state index < -0.39 is 28.4 Å². The second kappa shape index (κ2) is 15.3. The summed E-state index contributed by atoms with van der Waals surface area (Å²) in [6.07, 6.45) is -7.97. The van der Waals surface area contributed by atoms with Crippen molar-refractivity contribution in [3.8, 4) is 34.1 Å². The molecule has 2 heterocycles. The van der Waals surface area contributed by atoms with Crippen LogP contribution in [0.4, 0.5) is 17.6 Å². The Labute approximate surface area is 314 Å². The van der Waals surface area contributed by atoms with Crippen LogP contribution in [0.15, 0.2) is 146 Å². The molecular weight excluding hydrogens is 919 g/mol. The molecule has 4 nitrogen and oxygen atoms in total. The summed E-state index contributed by atoms with van der Waals surface area (Å²) in [5, 5.41) is 4.83. The minimum atomic E-state index is -3.99. The molecule has 0 amide bonds. The molecule has 51 heavy (non-hydrogen) atoms. The maximum atomic E-state index is 15.0. The van der Waals surface area contributed by atoms with E-state index in [9.17, 15) is 17.6 Å². The van der Waals surface area contributed by atoms with Gasteiger partial charge in [0.05, 0.1) is 0 Å². The van der Waals surface area contributed by atoms with Gasteiger partial charge in [-0.05, 0) is 71.9 Å². The number of benzene rings is 6. The normalized spacial score (nSPS) is 14.7. The Morgan fingerprint density at radius 1 is 0.412 bits per heavy atom. The zero-order chi connectivity index (χ0) is 35.6. The van der Waals surface area contributed by atoms with E-state index in [4.69, 9.17) is 18.9 Å². The molecule has 0 saturated carbocycles. The van der Waals surface area contributed by atoms with E-state index in [2.05, 4.69) is 27.2 Å². The van der Waals surface area contributed by atoms with Gasteiger partial charge in [0.15, 0.2) is 23.0 Å². The van der Waals surface area contributed by atoms with Crippen LogP contribution in [0.3, 0.4) is 0 Å². The van der Waals surface area contributed by atoms with Crippen molar-refractivity contribution >= 4 is 74.9 Å². The molecule has 0 fully saturated rings. The summed E-state index contributed by atoms with van der Waals surface area (Å²) in [6, 6.07) is 44.9. The van der Waals surface area contributed by atoms with Gasteiger partial charge in [-0.2, -0.15) is 0 Å². The first-order valence-electron chi connectivity index (χ1n) is 15.2. The monoisotopic (exact) mass is 942 g/mol. The van der Waals surface area contributed by atoms with Crippen LogP contribution in [-0.2, 0) is 13.2 Å². The number of hydrogen-bond donors (Lipinski definition) is 0. The number of hydrogen-bond acceptors (Lipinski definition) is 4. The fourth-order valence-corrected chi connectivity index (χ4v) is 10.9. The fraction of sp³-hybridized carbons (Fsp3) is 0.0526. The second-order valence-electron chi connectivity index (χ2n) is 11.0. The second-order valence-corrected chi connectivity index (χ2v) is 23.4. The Kier molecular flexibility index (Phi) is 10.8. The van der Waals surface area contributed by atoms with Crippen molar-refractivity contribution in [2.45, 2.75) is 12.6 Å². The first-order valence-corrected chi connectivity index (χ1v) is 25.8. The van der Waals surface area contributed by atoms with Crippen LogP contribution in [0.5, 0.6) is 23.0 Å². The van der Waals surface area contributed by atoms with Crippen LogP contribution < -0.4 is 50.8 Å². The van der Waals surface area contributed by atoms with Gasteiger partial charge in [-0.1, -0.05) is 121 Å². The molecule has 0 radical (unpaired) electrons. The molecule has 2 aliphatic heterocycles. The van der Waals surface area contributed by atoms with Gasteiger partial charge in [-0.15, -0.1) is 17.6 Å². The summed E-state index contributed by atoms with van der Waals surface area (Å²) in [5.41, 5.74) is 0.354. The van der Waals surface area contributed by atoms with E-state index in [1.54, 1.807) is 12.1 Å². The predicted octanol–water partition coefficient (Wildman–Crippen LogP) is 9.20. The molecule has 0 unspecified atom stereocenters. The van der Waals surface area contributed by atoms with Crippen LogP contribution in [0.25, 0.3) is 11.1 Å². The van der Waals surface area contributed by atoms with Gasteiger partial charge in [-0.3, -0.25) is 0 Å². The molecule has 13 heteroatoms. The topological polar surface area (TPSA) is 36.9 Å². The average Bonchev–Trinajstić information content (AvgIpc) is 3.64. The first-order chi connectivity index (χ1) is 24.7. The van der Waals surface area contributed by atoms with Gasteiger partial charge in [0.25, 0.3) is 0 Å². The molecule has 6 aromatic carbocycles. The van der Waals surface area contributed by atoms with Gasteiger partial charge >= 0.3 is 53.0 Å². The molecule has 0 aliphatic carbocycles. The Balaban J connectivity index is 0.00000131.